The summed E-state index contributed by atoms with van der Waals surface area (Å²) in [7, 11) is 0. The number of carbonyl (C=O) groups is 1. The van der Waals surface area contributed by atoms with Gasteiger partial charge in [-0.25, -0.2) is 4.98 Å². The third kappa shape index (κ3) is 2.83. The minimum absolute atomic E-state index is 0.108. The van der Waals surface area contributed by atoms with Crippen molar-refractivity contribution in [1.82, 2.24) is 9.88 Å². The number of rotatable bonds is 3. The minimum Gasteiger partial charge on any atom is -0.375 e. The van der Waals surface area contributed by atoms with E-state index < -0.39 is 0 Å². The Kier molecular flexibility index (Phi) is 4.22. The number of hydrogen-bond donors (Lipinski definition) is 1. The molecule has 100 valence electrons. The lowest BCUT2D eigenvalue weighted by Gasteiger charge is -2.31. The van der Waals surface area contributed by atoms with Gasteiger partial charge in [0.15, 0.2) is 5.13 Å². The van der Waals surface area contributed by atoms with Crippen LogP contribution in [0.3, 0.4) is 0 Å². The summed E-state index contributed by atoms with van der Waals surface area (Å²) in [5, 5.41) is 0.483. The van der Waals surface area contributed by atoms with E-state index >= 15 is 0 Å². The highest BCUT2D eigenvalue weighted by atomic mass is 32.1. The molecule has 2 N–H and O–H groups in total. The van der Waals surface area contributed by atoms with Crippen molar-refractivity contribution in [2.24, 2.45) is 5.92 Å². The molecule has 18 heavy (non-hydrogen) atoms. The molecule has 1 aliphatic heterocycles. The first kappa shape index (κ1) is 13.3. The smallest absolute Gasteiger partial charge is 0.265 e. The lowest BCUT2D eigenvalue weighted by molar-refractivity contribution is 0.0690. The highest BCUT2D eigenvalue weighted by Crippen LogP contribution is 2.26. The summed E-state index contributed by atoms with van der Waals surface area (Å²) in [5.74, 6) is 0.906. The van der Waals surface area contributed by atoms with Crippen LogP contribution in [0.2, 0.25) is 0 Å². The number of piperidine rings is 1. The number of aryl methyl sites for hydroxylation is 1. The molecule has 5 heteroatoms. The van der Waals surface area contributed by atoms with Gasteiger partial charge in [0.2, 0.25) is 0 Å². The largest absolute Gasteiger partial charge is 0.375 e. The van der Waals surface area contributed by atoms with E-state index in [2.05, 4.69) is 11.9 Å². The Labute approximate surface area is 112 Å². The van der Waals surface area contributed by atoms with Gasteiger partial charge >= 0.3 is 0 Å². The van der Waals surface area contributed by atoms with E-state index in [4.69, 9.17) is 5.73 Å². The van der Waals surface area contributed by atoms with Crippen molar-refractivity contribution < 1.29 is 4.79 Å². The van der Waals surface area contributed by atoms with Gasteiger partial charge in [-0.05, 0) is 25.7 Å². The molecule has 2 heterocycles. The predicted molar refractivity (Wildman–Crippen MR) is 74.8 cm³/mol. The van der Waals surface area contributed by atoms with E-state index in [1.54, 1.807) is 0 Å². The second-order valence-corrected chi connectivity index (χ2v) is 6.02. The zero-order valence-corrected chi connectivity index (χ0v) is 11.9. The number of nitrogens with zero attached hydrogens (tertiary/aromatic N) is 2. The lowest BCUT2D eigenvalue weighted by Crippen LogP contribution is -2.38. The van der Waals surface area contributed by atoms with Crippen LogP contribution in [0.5, 0.6) is 0 Å². The first-order chi connectivity index (χ1) is 8.61. The summed E-state index contributed by atoms with van der Waals surface area (Å²) in [4.78, 5) is 19.1. The molecule has 1 aromatic heterocycles. The van der Waals surface area contributed by atoms with Crippen LogP contribution in [0.4, 0.5) is 5.13 Å². The molecule has 1 aliphatic rings. The fourth-order valence-electron chi connectivity index (χ4n) is 2.59. The molecule has 1 fully saturated rings. The molecule has 2 rings (SSSR count). The van der Waals surface area contributed by atoms with Crippen LogP contribution >= 0.6 is 11.3 Å². The summed E-state index contributed by atoms with van der Waals surface area (Å²) in [6, 6.07) is 0. The second-order valence-electron chi connectivity index (χ2n) is 4.99. The Morgan fingerprint density at radius 3 is 2.67 bits per heavy atom. The van der Waals surface area contributed by atoms with Gasteiger partial charge < -0.3 is 10.6 Å². The van der Waals surface area contributed by atoms with Gasteiger partial charge in [-0.15, -0.1) is 0 Å². The SMILES string of the molecule is CCCC1CCN(C(=O)c2sc(N)nc2C)CC1. The predicted octanol–water partition coefficient (Wildman–Crippen LogP) is 2.69. The summed E-state index contributed by atoms with van der Waals surface area (Å²) in [6.45, 7) is 5.83. The van der Waals surface area contributed by atoms with Crippen LogP contribution in [0.15, 0.2) is 0 Å². The van der Waals surface area contributed by atoms with Crippen LogP contribution in [-0.4, -0.2) is 28.9 Å². The normalized spacial score (nSPS) is 17.1. The lowest BCUT2D eigenvalue weighted by atomic mass is 9.92. The fraction of sp³-hybridized carbons (Fsp3) is 0.692. The molecule has 0 bridgehead atoms. The molecule has 0 radical (unpaired) electrons. The molecule has 1 saturated heterocycles. The van der Waals surface area contributed by atoms with Crippen molar-refractivity contribution in [3.8, 4) is 0 Å². The topological polar surface area (TPSA) is 59.2 Å². The van der Waals surface area contributed by atoms with Crippen LogP contribution in [0.1, 0.15) is 48.0 Å². The van der Waals surface area contributed by atoms with Crippen LogP contribution < -0.4 is 5.73 Å². The van der Waals surface area contributed by atoms with E-state index in [0.29, 0.717) is 10.0 Å². The summed E-state index contributed by atoms with van der Waals surface area (Å²) in [5.41, 5.74) is 6.41. The third-order valence-electron chi connectivity index (χ3n) is 3.61. The molecule has 4 nitrogen and oxygen atoms in total. The maximum atomic E-state index is 12.3. The molecule has 0 aliphatic carbocycles. The highest BCUT2D eigenvalue weighted by Gasteiger charge is 2.25. The van der Waals surface area contributed by atoms with Crippen LogP contribution in [0, 0.1) is 12.8 Å². The number of carbonyl (C=O) groups excluding carboxylic acids is 1. The highest BCUT2D eigenvalue weighted by molar-refractivity contribution is 7.17. The van der Waals surface area contributed by atoms with Crippen molar-refractivity contribution in [2.75, 3.05) is 18.8 Å². The number of nitrogen functional groups attached to an aromatic ring is 1. The zero-order chi connectivity index (χ0) is 13.1. The second kappa shape index (κ2) is 5.69. The number of anilines is 1. The fourth-order valence-corrected chi connectivity index (χ4v) is 3.39. The van der Waals surface area contributed by atoms with Gasteiger partial charge in [-0.3, -0.25) is 4.79 Å². The van der Waals surface area contributed by atoms with Crippen LogP contribution in [0.25, 0.3) is 0 Å². The number of amides is 1. The van der Waals surface area contributed by atoms with Gasteiger partial charge in [0.05, 0.1) is 5.69 Å². The summed E-state index contributed by atoms with van der Waals surface area (Å²) < 4.78 is 0. The molecular formula is C13H21N3OS. The number of thiazole rings is 1. The Morgan fingerprint density at radius 2 is 2.17 bits per heavy atom. The maximum Gasteiger partial charge on any atom is 0.265 e. The van der Waals surface area contributed by atoms with Crippen molar-refractivity contribution in [2.45, 2.75) is 39.5 Å². The maximum absolute atomic E-state index is 12.3. The molecule has 1 amide bonds. The number of nitrogens with two attached hydrogens (primary N) is 1. The molecule has 0 aromatic carbocycles. The van der Waals surface area contributed by atoms with Gasteiger partial charge in [-0.1, -0.05) is 31.1 Å². The number of likely N-dealkylation sites (tertiary alicyclic amines) is 1. The van der Waals surface area contributed by atoms with E-state index in [-0.39, 0.29) is 5.91 Å². The molecule has 0 spiro atoms. The number of aromatic nitrogens is 1. The van der Waals surface area contributed by atoms with E-state index in [1.807, 2.05) is 11.8 Å². The van der Waals surface area contributed by atoms with Crippen molar-refractivity contribution in [1.29, 1.82) is 0 Å². The Hall–Kier alpha value is -1.10. The summed E-state index contributed by atoms with van der Waals surface area (Å²) >= 11 is 1.30. The van der Waals surface area contributed by atoms with Crippen LogP contribution in [-0.2, 0) is 0 Å². The van der Waals surface area contributed by atoms with Gasteiger partial charge in [-0.2, -0.15) is 0 Å². The first-order valence-corrected chi connectivity index (χ1v) is 7.45. The first-order valence-electron chi connectivity index (χ1n) is 6.64. The van der Waals surface area contributed by atoms with Gasteiger partial charge in [0.25, 0.3) is 5.91 Å². The average Bonchev–Trinajstić information content (AvgIpc) is 2.69. The van der Waals surface area contributed by atoms with Gasteiger partial charge in [0, 0.05) is 13.1 Å². The molecule has 1 aromatic rings. The van der Waals surface area contributed by atoms with E-state index in [0.717, 1.165) is 37.5 Å². The van der Waals surface area contributed by atoms with E-state index in [1.165, 1.54) is 24.2 Å². The monoisotopic (exact) mass is 267 g/mol. The molecule has 0 atom stereocenters. The zero-order valence-electron chi connectivity index (χ0n) is 11.1. The standard InChI is InChI=1S/C13H21N3OS/c1-3-4-10-5-7-16(8-6-10)12(17)11-9(2)15-13(14)18-11/h10H,3-8H2,1-2H3,(H2,14,15). The molecular weight excluding hydrogens is 246 g/mol. The van der Waals surface area contributed by atoms with Gasteiger partial charge in [0.1, 0.15) is 4.88 Å². The van der Waals surface area contributed by atoms with Crippen molar-refractivity contribution in [3.63, 3.8) is 0 Å². The quantitative estimate of drug-likeness (QED) is 0.916. The summed E-state index contributed by atoms with van der Waals surface area (Å²) in [6.07, 6.45) is 4.79. The number of hydrogen-bond acceptors (Lipinski definition) is 4. The van der Waals surface area contributed by atoms with E-state index in [9.17, 15) is 4.79 Å². The average molecular weight is 267 g/mol. The molecule has 0 saturated carbocycles. The Morgan fingerprint density at radius 1 is 1.50 bits per heavy atom. The Bertz CT molecular complexity index is 422. The van der Waals surface area contributed by atoms with Crippen molar-refractivity contribution >= 4 is 22.4 Å². The van der Waals surface area contributed by atoms with Crippen molar-refractivity contribution in [3.05, 3.63) is 10.6 Å². The Balaban J connectivity index is 1.97. The minimum atomic E-state index is 0.108. The molecule has 0 unspecified atom stereocenters. The third-order valence-corrected chi connectivity index (χ3v) is 4.58.